The molecule has 0 radical (unpaired) electrons. The molecule has 1 aliphatic carbocycles. The van der Waals surface area contributed by atoms with Gasteiger partial charge >= 0.3 is 5.97 Å². The summed E-state index contributed by atoms with van der Waals surface area (Å²) >= 11 is 0. The highest BCUT2D eigenvalue weighted by Crippen LogP contribution is 2.50. The molecule has 3 atom stereocenters. The van der Waals surface area contributed by atoms with E-state index in [1.165, 1.54) is 4.57 Å². The Labute approximate surface area is 151 Å². The van der Waals surface area contributed by atoms with Crippen molar-refractivity contribution < 1.29 is 23.4 Å². The first-order valence-corrected chi connectivity index (χ1v) is 8.78. The minimum atomic E-state index is -1.48. The number of aromatic carboxylic acids is 1. The Morgan fingerprint density at radius 1 is 1.30 bits per heavy atom. The van der Waals surface area contributed by atoms with Crippen LogP contribution in [0.15, 0.2) is 10.9 Å². The standard InChI is InChI=1S/C18H17F2N3O4/c1-6-5-27-16-14-7(2-8(18(25)26)17(24)23(6)14)11(19)12(20)15(16)22-3-9-10(4-22)13(9)21/h2,6,9-10,13H,3-5,21H2,1H3,(H,25,26)/t6-,9?,10?,13?/m0/s1. The molecule has 5 rings (SSSR count). The van der Waals surface area contributed by atoms with Crippen LogP contribution >= 0.6 is 0 Å². The highest BCUT2D eigenvalue weighted by atomic mass is 19.2. The fourth-order valence-electron chi connectivity index (χ4n) is 4.49. The van der Waals surface area contributed by atoms with E-state index in [0.717, 1.165) is 6.07 Å². The van der Waals surface area contributed by atoms with Gasteiger partial charge in [0.25, 0.3) is 5.56 Å². The number of aromatic nitrogens is 1. The van der Waals surface area contributed by atoms with Crippen LogP contribution in [0.2, 0.25) is 0 Å². The Morgan fingerprint density at radius 2 is 1.96 bits per heavy atom. The van der Waals surface area contributed by atoms with Crippen molar-refractivity contribution in [3.8, 4) is 5.75 Å². The van der Waals surface area contributed by atoms with Crippen molar-refractivity contribution in [2.24, 2.45) is 17.6 Å². The fraction of sp³-hybridized carbons (Fsp3) is 0.444. The molecule has 2 aliphatic heterocycles. The molecule has 3 aliphatic rings. The second kappa shape index (κ2) is 5.19. The molecule has 3 N–H and O–H groups in total. The van der Waals surface area contributed by atoms with Gasteiger partial charge < -0.3 is 20.5 Å². The van der Waals surface area contributed by atoms with Crippen LogP contribution in [-0.4, -0.2) is 41.4 Å². The minimum absolute atomic E-state index is 0.0116. The van der Waals surface area contributed by atoms with Crippen LogP contribution in [0.5, 0.6) is 5.75 Å². The topological polar surface area (TPSA) is 97.8 Å². The maximum atomic E-state index is 15.0. The van der Waals surface area contributed by atoms with Crippen LogP contribution in [0.25, 0.3) is 10.9 Å². The monoisotopic (exact) mass is 377 g/mol. The number of hydrogen-bond acceptors (Lipinski definition) is 5. The predicted molar refractivity (Wildman–Crippen MR) is 92.5 cm³/mol. The minimum Gasteiger partial charge on any atom is -0.487 e. The number of nitrogens with zero attached hydrogens (tertiary/aromatic N) is 2. The number of carboxylic acids is 1. The van der Waals surface area contributed by atoms with Crippen LogP contribution in [-0.2, 0) is 0 Å². The largest absolute Gasteiger partial charge is 0.487 e. The van der Waals surface area contributed by atoms with Crippen LogP contribution in [0.1, 0.15) is 23.3 Å². The van der Waals surface area contributed by atoms with Gasteiger partial charge in [-0.15, -0.1) is 0 Å². The Kier molecular flexibility index (Phi) is 3.17. The molecular formula is C18H17F2N3O4. The van der Waals surface area contributed by atoms with Gasteiger partial charge in [0.2, 0.25) is 0 Å². The fourth-order valence-corrected chi connectivity index (χ4v) is 4.49. The number of piperidine rings is 1. The molecule has 2 aromatic rings. The molecule has 0 spiro atoms. The van der Waals surface area contributed by atoms with Crippen molar-refractivity contribution in [1.29, 1.82) is 0 Å². The van der Waals surface area contributed by atoms with Gasteiger partial charge in [-0.2, -0.15) is 0 Å². The molecule has 2 fully saturated rings. The number of anilines is 1. The predicted octanol–water partition coefficient (Wildman–Crippen LogP) is 1.32. The van der Waals surface area contributed by atoms with Crippen LogP contribution < -0.4 is 20.9 Å². The lowest BCUT2D eigenvalue weighted by molar-refractivity contribution is 0.0694. The van der Waals surface area contributed by atoms with Gasteiger partial charge in [-0.3, -0.25) is 9.36 Å². The molecule has 2 unspecified atom stereocenters. The average Bonchev–Trinajstić information content (AvgIpc) is 3.03. The van der Waals surface area contributed by atoms with Gasteiger partial charge in [0.15, 0.2) is 17.4 Å². The molecular weight excluding hydrogens is 360 g/mol. The lowest BCUT2D eigenvalue weighted by Crippen LogP contribution is -2.36. The first-order valence-electron chi connectivity index (χ1n) is 8.78. The summed E-state index contributed by atoms with van der Waals surface area (Å²) in [7, 11) is 0. The number of carboxylic acid groups (broad SMARTS) is 1. The van der Waals surface area contributed by atoms with Crippen LogP contribution in [0.4, 0.5) is 14.5 Å². The smallest absolute Gasteiger partial charge is 0.341 e. The first kappa shape index (κ1) is 16.5. The summed E-state index contributed by atoms with van der Waals surface area (Å²) in [5, 5.41) is 9.02. The maximum Gasteiger partial charge on any atom is 0.341 e. The number of carbonyl (C=O) groups is 1. The molecule has 0 amide bonds. The molecule has 27 heavy (non-hydrogen) atoms. The summed E-state index contributed by atoms with van der Waals surface area (Å²) in [5.41, 5.74) is 4.67. The highest BCUT2D eigenvalue weighted by molar-refractivity contribution is 5.97. The summed E-state index contributed by atoms with van der Waals surface area (Å²) < 4.78 is 36.9. The summed E-state index contributed by atoms with van der Waals surface area (Å²) in [6.07, 6.45) is 0. The molecule has 7 nitrogen and oxygen atoms in total. The normalized spacial score (nSPS) is 28.2. The first-order chi connectivity index (χ1) is 12.8. The highest BCUT2D eigenvalue weighted by Gasteiger charge is 2.54. The number of halogens is 2. The number of nitrogens with two attached hydrogens (primary N) is 1. The Morgan fingerprint density at radius 3 is 2.59 bits per heavy atom. The van der Waals surface area contributed by atoms with Gasteiger partial charge in [-0.25, -0.2) is 13.6 Å². The van der Waals surface area contributed by atoms with Crippen molar-refractivity contribution in [2.45, 2.75) is 19.0 Å². The van der Waals surface area contributed by atoms with Gasteiger partial charge in [0, 0.05) is 24.5 Å². The van der Waals surface area contributed by atoms with Gasteiger partial charge in [-0.05, 0) is 24.8 Å². The zero-order valence-electron chi connectivity index (χ0n) is 14.4. The summed E-state index contributed by atoms with van der Waals surface area (Å²) in [6, 6.07) is 0.467. The van der Waals surface area contributed by atoms with Gasteiger partial charge in [-0.1, -0.05) is 0 Å². The molecule has 1 saturated heterocycles. The van der Waals surface area contributed by atoms with E-state index in [-0.39, 0.29) is 46.8 Å². The molecule has 142 valence electrons. The SMILES string of the molecule is C[C@H]1COc2c(N3CC4C(N)C4C3)c(F)c(F)c3cc(C(=O)O)c(=O)n1c23. The Balaban J connectivity index is 1.82. The van der Waals surface area contributed by atoms with E-state index < -0.39 is 34.8 Å². The van der Waals surface area contributed by atoms with E-state index in [1.54, 1.807) is 11.8 Å². The van der Waals surface area contributed by atoms with E-state index in [1.807, 2.05) is 0 Å². The quantitative estimate of drug-likeness (QED) is 0.819. The van der Waals surface area contributed by atoms with Crippen molar-refractivity contribution in [3.63, 3.8) is 0 Å². The van der Waals surface area contributed by atoms with E-state index >= 15 is 0 Å². The third-order valence-corrected chi connectivity index (χ3v) is 6.02. The van der Waals surface area contributed by atoms with Crippen LogP contribution in [0, 0.1) is 23.5 Å². The Hall–Kier alpha value is -2.68. The number of hydrogen-bond donors (Lipinski definition) is 2. The summed E-state index contributed by atoms with van der Waals surface area (Å²) in [4.78, 5) is 25.8. The number of rotatable bonds is 2. The second-order valence-corrected chi connectivity index (χ2v) is 7.58. The van der Waals surface area contributed by atoms with Gasteiger partial charge in [0.1, 0.15) is 17.9 Å². The number of ether oxygens (including phenoxy) is 1. The van der Waals surface area contributed by atoms with E-state index in [9.17, 15) is 23.5 Å². The zero-order chi connectivity index (χ0) is 19.2. The van der Waals surface area contributed by atoms with Gasteiger partial charge in [0.05, 0.1) is 11.6 Å². The van der Waals surface area contributed by atoms with Crippen LogP contribution in [0.3, 0.4) is 0 Å². The lowest BCUT2D eigenvalue weighted by atomic mass is 10.1. The van der Waals surface area contributed by atoms with Crippen molar-refractivity contribution >= 4 is 22.6 Å². The zero-order valence-corrected chi connectivity index (χ0v) is 14.4. The summed E-state index contributed by atoms with van der Waals surface area (Å²) in [5.74, 6) is -3.18. The maximum absolute atomic E-state index is 15.0. The number of pyridine rings is 1. The molecule has 9 heteroatoms. The molecule has 1 aromatic carbocycles. The Bertz CT molecular complexity index is 1070. The number of fused-ring (bicyclic) bond motifs is 1. The summed E-state index contributed by atoms with van der Waals surface area (Å²) in [6.45, 7) is 2.72. The molecule has 3 heterocycles. The number of benzene rings is 1. The molecule has 0 bridgehead atoms. The lowest BCUT2D eigenvalue weighted by Gasteiger charge is -2.31. The van der Waals surface area contributed by atoms with Crippen molar-refractivity contribution in [1.82, 2.24) is 4.57 Å². The second-order valence-electron chi connectivity index (χ2n) is 7.58. The molecule has 1 saturated carbocycles. The van der Waals surface area contributed by atoms with Crippen molar-refractivity contribution in [2.75, 3.05) is 24.6 Å². The third-order valence-electron chi connectivity index (χ3n) is 6.02. The average molecular weight is 377 g/mol. The van der Waals surface area contributed by atoms with E-state index in [0.29, 0.717) is 13.1 Å². The third kappa shape index (κ3) is 2.03. The van der Waals surface area contributed by atoms with Crippen molar-refractivity contribution in [3.05, 3.63) is 33.6 Å². The molecule has 1 aromatic heterocycles. The van der Waals surface area contributed by atoms with E-state index in [2.05, 4.69) is 0 Å². The van der Waals surface area contributed by atoms with E-state index in [4.69, 9.17) is 10.5 Å².